The first-order chi connectivity index (χ1) is 16.8. The average Bonchev–Trinajstić information content (AvgIpc) is 3.17. The fourth-order valence-corrected chi connectivity index (χ4v) is 6.27. The Labute approximate surface area is 205 Å². The van der Waals surface area contributed by atoms with Crippen molar-refractivity contribution in [2.24, 2.45) is 0 Å². The van der Waals surface area contributed by atoms with Gasteiger partial charge in [0.05, 0.1) is 18.4 Å². The third-order valence-electron chi connectivity index (χ3n) is 5.66. The van der Waals surface area contributed by atoms with Crippen LogP contribution >= 0.6 is 7.75 Å². The molecule has 198 valence electrons. The van der Waals surface area contributed by atoms with E-state index in [0.717, 1.165) is 9.24 Å². The van der Waals surface area contributed by atoms with E-state index in [4.69, 9.17) is 13.8 Å². The van der Waals surface area contributed by atoms with E-state index in [2.05, 4.69) is 0 Å². The molecule has 0 saturated carbocycles. The summed E-state index contributed by atoms with van der Waals surface area (Å²) in [6, 6.07) is 6.18. The van der Waals surface area contributed by atoms with Gasteiger partial charge in [-0.05, 0) is 39.8 Å². The molecule has 2 unspecified atom stereocenters. The highest BCUT2D eigenvalue weighted by molar-refractivity contribution is 7.51. The first kappa shape index (κ1) is 27.8. The minimum Gasteiger partial charge on any atom is -0.480 e. The number of benzene rings is 1. The molecule has 6 atom stereocenters. The Morgan fingerprint density at radius 1 is 1.25 bits per heavy atom. The van der Waals surface area contributed by atoms with E-state index in [1.807, 2.05) is 4.98 Å². The van der Waals surface area contributed by atoms with Gasteiger partial charge in [0.15, 0.2) is 0 Å². The summed E-state index contributed by atoms with van der Waals surface area (Å²) in [6.07, 6.45) is -4.16. The van der Waals surface area contributed by atoms with Crippen molar-refractivity contribution in [3.8, 4) is 5.75 Å². The molecule has 1 aromatic heterocycles. The minimum absolute atomic E-state index is 0.160. The Balaban J connectivity index is 1.91. The van der Waals surface area contributed by atoms with Gasteiger partial charge in [-0.3, -0.25) is 23.7 Å². The van der Waals surface area contributed by atoms with E-state index in [1.54, 1.807) is 32.0 Å². The van der Waals surface area contributed by atoms with E-state index in [1.165, 1.54) is 26.0 Å². The maximum atomic E-state index is 14.2. The average molecular weight is 529 g/mol. The summed E-state index contributed by atoms with van der Waals surface area (Å²) in [6.45, 7) is 6.04. The third-order valence-corrected chi connectivity index (χ3v) is 8.08. The van der Waals surface area contributed by atoms with Crippen LogP contribution in [0.4, 0.5) is 4.39 Å². The van der Waals surface area contributed by atoms with Crippen molar-refractivity contribution in [2.45, 2.75) is 70.7 Å². The van der Waals surface area contributed by atoms with Gasteiger partial charge in [0.1, 0.15) is 24.1 Å². The number of aliphatic hydroxyl groups excluding tert-OH is 1. The standard InChI is InChI=1S/C22H29FN3O9P/c1-12(2)26(13(3)21(29)30)36(32,35-15-8-6-5-7-9-15)34-14(4)19-17(27)10-18(33-19)25-11-16(23)20(28)24-22(25)31/h5-9,11-14,17-19,27H,10H2,1-4H3,(H,29,30)(H,24,28,31)/t13?,14?,17-,18+,19+,36-/m0/s1. The largest absolute Gasteiger partial charge is 0.480 e. The van der Waals surface area contributed by atoms with Crippen molar-refractivity contribution in [2.75, 3.05) is 0 Å². The number of para-hydroxylation sites is 1. The molecule has 0 aliphatic carbocycles. The van der Waals surface area contributed by atoms with Crippen molar-refractivity contribution in [1.82, 2.24) is 14.2 Å². The summed E-state index contributed by atoms with van der Waals surface area (Å²) in [5.74, 6) is -2.30. The van der Waals surface area contributed by atoms with Gasteiger partial charge in [-0.15, -0.1) is 0 Å². The van der Waals surface area contributed by atoms with Gasteiger partial charge in [0.2, 0.25) is 5.82 Å². The zero-order valence-corrected chi connectivity index (χ0v) is 21.0. The number of H-pyrrole nitrogens is 1. The number of nitrogens with one attached hydrogen (secondary N) is 1. The maximum Gasteiger partial charge on any atom is 0.462 e. The van der Waals surface area contributed by atoms with Crippen LogP contribution in [0.25, 0.3) is 0 Å². The van der Waals surface area contributed by atoms with E-state index in [0.29, 0.717) is 6.20 Å². The van der Waals surface area contributed by atoms with Crippen molar-refractivity contribution < 1.29 is 37.7 Å². The Hall–Kier alpha value is -2.83. The van der Waals surface area contributed by atoms with Crippen LogP contribution in [0, 0.1) is 5.82 Å². The summed E-state index contributed by atoms with van der Waals surface area (Å²) >= 11 is 0. The highest BCUT2D eigenvalue weighted by Crippen LogP contribution is 2.56. The second-order valence-electron chi connectivity index (χ2n) is 8.67. The van der Waals surface area contributed by atoms with Gasteiger partial charge in [-0.2, -0.15) is 9.06 Å². The van der Waals surface area contributed by atoms with Crippen LogP contribution in [-0.2, 0) is 18.6 Å². The van der Waals surface area contributed by atoms with Crippen LogP contribution in [0.15, 0.2) is 46.1 Å². The summed E-state index contributed by atoms with van der Waals surface area (Å²) in [4.78, 5) is 37.1. The van der Waals surface area contributed by atoms with Gasteiger partial charge >= 0.3 is 19.4 Å². The summed E-state index contributed by atoms with van der Waals surface area (Å²) < 4.78 is 47.1. The molecule has 3 rings (SSSR count). The second-order valence-corrected chi connectivity index (χ2v) is 10.5. The number of carboxylic acid groups (broad SMARTS) is 1. The molecule has 2 heterocycles. The normalized spacial score (nSPS) is 23.4. The number of aliphatic hydroxyl groups is 1. The Morgan fingerprint density at radius 3 is 2.47 bits per heavy atom. The van der Waals surface area contributed by atoms with Gasteiger partial charge in [-0.1, -0.05) is 18.2 Å². The van der Waals surface area contributed by atoms with Crippen molar-refractivity contribution in [1.29, 1.82) is 0 Å². The van der Waals surface area contributed by atoms with Crippen LogP contribution in [0.2, 0.25) is 0 Å². The summed E-state index contributed by atoms with van der Waals surface area (Å²) in [5.41, 5.74) is -2.13. The van der Waals surface area contributed by atoms with Gasteiger partial charge in [-0.25, -0.2) is 9.36 Å². The van der Waals surface area contributed by atoms with Gasteiger partial charge in [0, 0.05) is 12.5 Å². The lowest BCUT2D eigenvalue weighted by Crippen LogP contribution is -2.44. The predicted octanol–water partition coefficient (Wildman–Crippen LogP) is 2.10. The molecule has 1 saturated heterocycles. The van der Waals surface area contributed by atoms with Crippen molar-refractivity contribution in [3.63, 3.8) is 0 Å². The van der Waals surface area contributed by atoms with Crippen LogP contribution in [0.3, 0.4) is 0 Å². The molecule has 1 aromatic carbocycles. The minimum atomic E-state index is -4.38. The fraction of sp³-hybridized carbons (Fsp3) is 0.500. The maximum absolute atomic E-state index is 14.2. The van der Waals surface area contributed by atoms with Crippen LogP contribution in [-0.4, -0.2) is 60.8 Å². The zero-order valence-electron chi connectivity index (χ0n) is 20.1. The molecule has 0 amide bonds. The smallest absolute Gasteiger partial charge is 0.462 e. The number of carboxylic acids is 1. The summed E-state index contributed by atoms with van der Waals surface area (Å²) in [5, 5.41) is 20.2. The number of aromatic nitrogens is 2. The van der Waals surface area contributed by atoms with Crippen molar-refractivity contribution in [3.05, 3.63) is 63.2 Å². The topological polar surface area (TPSA) is 160 Å². The molecular weight excluding hydrogens is 500 g/mol. The number of rotatable bonds is 10. The molecule has 2 aromatic rings. The van der Waals surface area contributed by atoms with E-state index in [-0.39, 0.29) is 12.2 Å². The monoisotopic (exact) mass is 529 g/mol. The zero-order chi connectivity index (χ0) is 26.8. The quantitative estimate of drug-likeness (QED) is 0.389. The molecule has 12 nitrogen and oxygen atoms in total. The molecule has 14 heteroatoms. The number of ether oxygens (including phenoxy) is 1. The first-order valence-electron chi connectivity index (χ1n) is 11.2. The lowest BCUT2D eigenvalue weighted by molar-refractivity contribution is -0.142. The third kappa shape index (κ3) is 5.93. The number of carbonyl (C=O) groups is 1. The number of aliphatic carboxylic acids is 1. The highest BCUT2D eigenvalue weighted by Gasteiger charge is 2.48. The lowest BCUT2D eigenvalue weighted by Gasteiger charge is -2.37. The van der Waals surface area contributed by atoms with Gasteiger partial charge in [0.25, 0.3) is 5.56 Å². The lowest BCUT2D eigenvalue weighted by atomic mass is 10.1. The van der Waals surface area contributed by atoms with E-state index >= 15 is 0 Å². The fourth-order valence-electron chi connectivity index (χ4n) is 4.01. The molecule has 1 fully saturated rings. The predicted molar refractivity (Wildman–Crippen MR) is 125 cm³/mol. The number of nitrogens with zero attached hydrogens (tertiary/aromatic N) is 2. The Bertz CT molecular complexity index is 1240. The van der Waals surface area contributed by atoms with Gasteiger partial charge < -0.3 is 19.5 Å². The number of hydrogen-bond acceptors (Lipinski definition) is 8. The first-order valence-corrected chi connectivity index (χ1v) is 12.7. The Kier molecular flexibility index (Phi) is 8.52. The SMILES string of the molecule is CC(O[P@](=O)(Oc1ccccc1)N(C(C)C)C(C)C(=O)O)[C@H]1O[C@@H](n2cc(F)c(=O)[nH]c2=O)C[C@@H]1O. The molecule has 0 spiro atoms. The highest BCUT2D eigenvalue weighted by atomic mass is 31.2. The van der Waals surface area contributed by atoms with Crippen molar-refractivity contribution >= 4 is 13.7 Å². The summed E-state index contributed by atoms with van der Waals surface area (Å²) in [7, 11) is -4.38. The van der Waals surface area contributed by atoms with Crippen LogP contribution < -0.4 is 15.8 Å². The van der Waals surface area contributed by atoms with E-state index in [9.17, 15) is 33.6 Å². The van der Waals surface area contributed by atoms with Crippen LogP contribution in [0.1, 0.15) is 40.3 Å². The molecule has 0 bridgehead atoms. The number of aromatic amines is 1. The molecule has 1 aliphatic heterocycles. The molecular formula is C22H29FN3O9P. The Morgan fingerprint density at radius 2 is 1.89 bits per heavy atom. The number of halogens is 1. The van der Waals surface area contributed by atoms with Crippen LogP contribution in [0.5, 0.6) is 5.75 Å². The second kappa shape index (κ2) is 11.1. The molecule has 1 aliphatic rings. The number of hydrogen-bond donors (Lipinski definition) is 3. The molecule has 3 N–H and O–H groups in total. The molecule has 36 heavy (non-hydrogen) atoms. The van der Waals surface area contributed by atoms with E-state index < -0.39 is 67.4 Å². The molecule has 0 radical (unpaired) electrons.